The number of rotatable bonds is 6. The minimum atomic E-state index is -1.05. The van der Waals surface area contributed by atoms with E-state index in [2.05, 4.69) is 9.98 Å². The highest BCUT2D eigenvalue weighted by Gasteiger charge is 2.37. The van der Waals surface area contributed by atoms with E-state index in [9.17, 15) is 34.8 Å². The lowest BCUT2D eigenvalue weighted by Gasteiger charge is -2.36. The molecule has 2 aliphatic rings. The van der Waals surface area contributed by atoms with Crippen LogP contribution < -0.4 is 16.4 Å². The monoisotopic (exact) mass is 657 g/mol. The third-order valence-electron chi connectivity index (χ3n) is 8.47. The SMILES string of the molecule is CC(C)C[C@H]1C(=O)N([C@@H](C)C(N)=O)CCN=c2ccc(c3c(O)c4c(O)ccc(O)c4c(O)c23)=NCCN1C(=O)OCc1ccccc1. The second-order valence-corrected chi connectivity index (χ2v) is 12.2. The summed E-state index contributed by atoms with van der Waals surface area (Å²) < 4.78 is 5.68. The number of carbonyl (C=O) groups excluding carboxylic acids is 3. The summed E-state index contributed by atoms with van der Waals surface area (Å²) >= 11 is 0. The number of phenolic OH excluding ortho intramolecular Hbond substituents is 4. The Morgan fingerprint density at radius 1 is 0.833 bits per heavy atom. The number of amides is 3. The minimum Gasteiger partial charge on any atom is -0.507 e. The molecule has 0 saturated carbocycles. The first-order valence-electron chi connectivity index (χ1n) is 15.7. The molecule has 0 spiro atoms. The Kier molecular flexibility index (Phi) is 9.87. The highest BCUT2D eigenvalue weighted by Crippen LogP contribution is 2.46. The molecule has 0 fully saturated rings. The van der Waals surface area contributed by atoms with Crippen LogP contribution in [0, 0.1) is 5.92 Å². The summed E-state index contributed by atoms with van der Waals surface area (Å²) in [6, 6.07) is 12.5. The van der Waals surface area contributed by atoms with Crippen molar-refractivity contribution in [3.63, 3.8) is 0 Å². The summed E-state index contributed by atoms with van der Waals surface area (Å²) in [5.41, 5.74) is 6.42. The number of fused-ring (bicyclic) bond motifs is 11. The Morgan fingerprint density at radius 3 is 1.90 bits per heavy atom. The topological polar surface area (TPSA) is 199 Å². The first-order valence-corrected chi connectivity index (χ1v) is 15.7. The van der Waals surface area contributed by atoms with Gasteiger partial charge in [-0.2, -0.15) is 0 Å². The van der Waals surface area contributed by atoms with E-state index < -0.39 is 41.5 Å². The zero-order valence-electron chi connectivity index (χ0n) is 27.0. The van der Waals surface area contributed by atoms with Crippen LogP contribution in [0.25, 0.3) is 21.5 Å². The van der Waals surface area contributed by atoms with Gasteiger partial charge in [0.2, 0.25) is 11.8 Å². The van der Waals surface area contributed by atoms with Gasteiger partial charge in [0.25, 0.3) is 0 Å². The number of benzene rings is 4. The van der Waals surface area contributed by atoms with Crippen LogP contribution in [0.1, 0.15) is 32.8 Å². The number of primary amides is 1. The van der Waals surface area contributed by atoms with Gasteiger partial charge in [0.05, 0.1) is 45.3 Å². The molecular formula is C35H39N5O8. The van der Waals surface area contributed by atoms with Gasteiger partial charge in [-0.1, -0.05) is 44.2 Å². The van der Waals surface area contributed by atoms with Gasteiger partial charge in [-0.25, -0.2) is 4.79 Å². The molecule has 0 radical (unpaired) electrons. The fourth-order valence-corrected chi connectivity index (χ4v) is 6.01. The molecule has 2 heterocycles. The smallest absolute Gasteiger partial charge is 0.410 e. The molecule has 13 nitrogen and oxygen atoms in total. The summed E-state index contributed by atoms with van der Waals surface area (Å²) in [5.74, 6) is -2.94. The second kappa shape index (κ2) is 14.0. The standard InChI is InChI=1S/C35H39N5O8/c1-19(2)17-24-34(46)39(20(3)33(36)45)15-13-37-22-9-10-23(38-14-16-40(24)35(47)48-18-21-7-5-4-6-8-21)28-27(22)31(43)29-25(41)11-12-26(42)30(29)32(28)44/h4-12,19-20,24,41-44H,13-18H2,1-3H3,(H2,36,45)/t20-,24-/m0/s1. The Hall–Kier alpha value is -5.59. The van der Waals surface area contributed by atoms with E-state index in [4.69, 9.17) is 10.5 Å². The lowest BCUT2D eigenvalue weighted by Crippen LogP contribution is -2.57. The molecular weight excluding hydrogens is 618 g/mol. The number of nitrogens with zero attached hydrogens (tertiary/aromatic N) is 4. The van der Waals surface area contributed by atoms with Gasteiger partial charge >= 0.3 is 6.09 Å². The van der Waals surface area contributed by atoms with Crippen molar-refractivity contribution in [2.24, 2.45) is 21.6 Å². The third-order valence-corrected chi connectivity index (χ3v) is 8.47. The van der Waals surface area contributed by atoms with Gasteiger partial charge in [-0.05, 0) is 49.1 Å². The van der Waals surface area contributed by atoms with E-state index in [1.807, 2.05) is 32.0 Å². The molecule has 13 heteroatoms. The molecule has 3 amide bonds. The summed E-state index contributed by atoms with van der Waals surface area (Å²) in [5, 5.41) is 44.3. The Balaban J connectivity index is 1.71. The molecule has 2 aliphatic heterocycles. The van der Waals surface area contributed by atoms with Crippen molar-refractivity contribution in [2.75, 3.05) is 26.2 Å². The lowest BCUT2D eigenvalue weighted by molar-refractivity contribution is -0.143. The van der Waals surface area contributed by atoms with Gasteiger partial charge in [0.1, 0.15) is 41.7 Å². The van der Waals surface area contributed by atoms with Gasteiger partial charge in [0, 0.05) is 13.1 Å². The lowest BCUT2D eigenvalue weighted by atomic mass is 9.98. The average molecular weight is 658 g/mol. The molecule has 48 heavy (non-hydrogen) atoms. The van der Waals surface area contributed by atoms with Crippen molar-refractivity contribution >= 4 is 39.5 Å². The number of aromatic hydroxyl groups is 4. The van der Waals surface area contributed by atoms with E-state index >= 15 is 0 Å². The van der Waals surface area contributed by atoms with Crippen molar-refractivity contribution in [1.82, 2.24) is 9.80 Å². The van der Waals surface area contributed by atoms with Crippen LogP contribution >= 0.6 is 0 Å². The Labute approximate surface area is 276 Å². The Bertz CT molecular complexity index is 2000. The molecule has 6 rings (SSSR count). The molecule has 0 aromatic heterocycles. The maximum atomic E-state index is 14.3. The first kappa shape index (κ1) is 33.8. The van der Waals surface area contributed by atoms with E-state index in [0.29, 0.717) is 0 Å². The van der Waals surface area contributed by atoms with Gasteiger partial charge < -0.3 is 35.8 Å². The number of phenols is 4. The maximum Gasteiger partial charge on any atom is 0.410 e. The van der Waals surface area contributed by atoms with Crippen LogP contribution in [0.15, 0.2) is 64.6 Å². The molecule has 6 N–H and O–H groups in total. The number of nitrogens with two attached hydrogens (primary N) is 1. The van der Waals surface area contributed by atoms with Crippen LogP contribution in [0.3, 0.4) is 0 Å². The largest absolute Gasteiger partial charge is 0.507 e. The summed E-state index contributed by atoms with van der Waals surface area (Å²) in [6.45, 7) is 4.98. The summed E-state index contributed by atoms with van der Waals surface area (Å²) in [4.78, 5) is 52.3. The van der Waals surface area contributed by atoms with Gasteiger partial charge in [-0.3, -0.25) is 24.5 Å². The van der Waals surface area contributed by atoms with Gasteiger partial charge in [-0.15, -0.1) is 0 Å². The number of ether oxygens (including phenoxy) is 1. The van der Waals surface area contributed by atoms with Crippen molar-refractivity contribution in [2.45, 2.75) is 45.9 Å². The normalized spacial score (nSPS) is 16.4. The average Bonchev–Trinajstić information content (AvgIpc) is 3.06. The highest BCUT2D eigenvalue weighted by molar-refractivity contribution is 6.14. The molecule has 0 unspecified atom stereocenters. The zero-order valence-corrected chi connectivity index (χ0v) is 27.0. The molecule has 0 saturated heterocycles. The number of hydrogen-bond donors (Lipinski definition) is 5. The van der Waals surface area contributed by atoms with Crippen LogP contribution in [0.4, 0.5) is 4.79 Å². The van der Waals surface area contributed by atoms with E-state index in [-0.39, 0.29) is 88.9 Å². The predicted octanol–water partition coefficient (Wildman–Crippen LogP) is 2.82. The van der Waals surface area contributed by atoms with Crippen LogP contribution in [-0.2, 0) is 20.9 Å². The fraction of sp³-hybridized carbons (Fsp3) is 0.343. The van der Waals surface area contributed by atoms with Crippen molar-refractivity contribution in [1.29, 1.82) is 0 Å². The number of carbonyl (C=O) groups is 3. The van der Waals surface area contributed by atoms with Crippen LogP contribution in [0.2, 0.25) is 0 Å². The van der Waals surface area contributed by atoms with E-state index in [0.717, 1.165) is 5.56 Å². The van der Waals surface area contributed by atoms with E-state index in [1.54, 1.807) is 24.3 Å². The van der Waals surface area contributed by atoms with E-state index in [1.165, 1.54) is 28.9 Å². The molecule has 0 aliphatic carbocycles. The summed E-state index contributed by atoms with van der Waals surface area (Å²) in [7, 11) is 0. The minimum absolute atomic E-state index is 0.0392. The van der Waals surface area contributed by atoms with Crippen molar-refractivity contribution in [3.05, 3.63) is 70.9 Å². The van der Waals surface area contributed by atoms with Crippen molar-refractivity contribution in [3.8, 4) is 23.0 Å². The number of hydrogen-bond acceptors (Lipinski definition) is 10. The molecule has 2 atom stereocenters. The molecule has 4 aromatic rings. The molecule has 4 aromatic carbocycles. The quantitative estimate of drug-likeness (QED) is 0.118. The first-order chi connectivity index (χ1) is 22.9. The van der Waals surface area contributed by atoms with Crippen molar-refractivity contribution < 1.29 is 39.5 Å². The Morgan fingerprint density at radius 2 is 1.38 bits per heavy atom. The summed E-state index contributed by atoms with van der Waals surface area (Å²) in [6.07, 6.45) is -0.512. The third kappa shape index (κ3) is 6.61. The highest BCUT2D eigenvalue weighted by atomic mass is 16.6. The second-order valence-electron chi connectivity index (χ2n) is 12.2. The van der Waals surface area contributed by atoms with Crippen LogP contribution in [0.5, 0.6) is 23.0 Å². The predicted molar refractivity (Wildman–Crippen MR) is 177 cm³/mol. The molecule has 2 bridgehead atoms. The van der Waals surface area contributed by atoms with Crippen LogP contribution in [-0.4, -0.2) is 86.4 Å². The fourth-order valence-electron chi connectivity index (χ4n) is 6.01. The zero-order chi connectivity index (χ0) is 34.7. The maximum absolute atomic E-state index is 14.3. The van der Waals surface area contributed by atoms with Gasteiger partial charge in [0.15, 0.2) is 0 Å². The molecule has 252 valence electrons.